The Labute approximate surface area is 167 Å². The van der Waals surface area contributed by atoms with E-state index in [1.165, 1.54) is 23.9 Å². The largest absolute Gasteiger partial charge is 0.480 e. The number of alkyl halides is 3. The van der Waals surface area contributed by atoms with Crippen molar-refractivity contribution in [1.82, 2.24) is 14.8 Å². The van der Waals surface area contributed by atoms with Crippen LogP contribution in [-0.2, 0) is 19.0 Å². The molecule has 2 aromatic carbocycles. The second kappa shape index (κ2) is 8.40. The number of nitrogens with zero attached hydrogens (tertiary/aromatic N) is 3. The maximum absolute atomic E-state index is 13.8. The zero-order valence-corrected chi connectivity index (χ0v) is 16.2. The molecule has 1 unspecified atom stereocenters. The van der Waals surface area contributed by atoms with E-state index in [0.29, 0.717) is 16.5 Å². The first-order valence-corrected chi connectivity index (χ1v) is 9.43. The lowest BCUT2D eigenvalue weighted by Gasteiger charge is -2.14. The van der Waals surface area contributed by atoms with E-state index < -0.39 is 29.5 Å². The van der Waals surface area contributed by atoms with Crippen LogP contribution in [0.4, 0.5) is 22.0 Å². The molecule has 154 valence electrons. The molecule has 0 spiro atoms. The summed E-state index contributed by atoms with van der Waals surface area (Å²) < 4.78 is 72.3. The first-order valence-electron chi connectivity index (χ1n) is 8.45. The summed E-state index contributed by atoms with van der Waals surface area (Å²) in [6, 6.07) is 8.04. The van der Waals surface area contributed by atoms with Crippen LogP contribution in [0.25, 0.3) is 0 Å². The van der Waals surface area contributed by atoms with Crippen molar-refractivity contribution in [2.75, 3.05) is 0 Å². The van der Waals surface area contributed by atoms with Gasteiger partial charge >= 0.3 is 6.18 Å². The number of aromatic nitrogens is 3. The third-order valence-corrected chi connectivity index (χ3v) is 5.14. The van der Waals surface area contributed by atoms with Gasteiger partial charge in [-0.3, -0.25) is 0 Å². The number of thioether (sulfide) groups is 1. The van der Waals surface area contributed by atoms with Crippen molar-refractivity contribution in [3.63, 3.8) is 0 Å². The molecule has 0 aliphatic rings. The van der Waals surface area contributed by atoms with Crippen LogP contribution in [-0.4, -0.2) is 14.8 Å². The molecule has 0 amide bonds. The minimum Gasteiger partial charge on any atom is -0.480 e. The maximum Gasteiger partial charge on any atom is 0.416 e. The van der Waals surface area contributed by atoms with Gasteiger partial charge in [-0.2, -0.15) is 13.2 Å². The van der Waals surface area contributed by atoms with Gasteiger partial charge in [0.05, 0.1) is 5.56 Å². The summed E-state index contributed by atoms with van der Waals surface area (Å²) in [5, 5.41) is 8.51. The van der Waals surface area contributed by atoms with E-state index >= 15 is 0 Å². The van der Waals surface area contributed by atoms with Crippen molar-refractivity contribution in [3.8, 4) is 5.75 Å². The first kappa shape index (κ1) is 21.1. The molecule has 0 N–H and O–H groups in total. The molecule has 3 aromatic rings. The zero-order chi connectivity index (χ0) is 21.2. The average Bonchev–Trinajstić information content (AvgIpc) is 3.02. The molecule has 29 heavy (non-hydrogen) atoms. The van der Waals surface area contributed by atoms with Crippen LogP contribution in [0.3, 0.4) is 0 Å². The Bertz CT molecular complexity index is 1010. The van der Waals surface area contributed by atoms with E-state index in [0.717, 1.165) is 24.3 Å². The Kier molecular flexibility index (Phi) is 6.11. The van der Waals surface area contributed by atoms with E-state index in [2.05, 4.69) is 10.2 Å². The van der Waals surface area contributed by atoms with Gasteiger partial charge in [0.25, 0.3) is 0 Å². The molecule has 0 radical (unpaired) electrons. The average molecular weight is 429 g/mol. The number of hydrogen-bond acceptors (Lipinski definition) is 4. The summed E-state index contributed by atoms with van der Waals surface area (Å²) in [5.74, 6) is -1.02. The van der Waals surface area contributed by atoms with Crippen LogP contribution in [0.2, 0.25) is 0 Å². The van der Waals surface area contributed by atoms with Gasteiger partial charge in [0.15, 0.2) is 28.7 Å². The summed E-state index contributed by atoms with van der Waals surface area (Å²) in [7, 11) is 1.67. The van der Waals surface area contributed by atoms with Crippen LogP contribution >= 0.6 is 11.8 Å². The van der Waals surface area contributed by atoms with Gasteiger partial charge in [-0.05, 0) is 30.7 Å². The number of rotatable bonds is 6. The topological polar surface area (TPSA) is 39.9 Å². The van der Waals surface area contributed by atoms with Crippen LogP contribution in [0.5, 0.6) is 5.75 Å². The first-order chi connectivity index (χ1) is 13.6. The molecule has 0 aliphatic heterocycles. The predicted octanol–water partition coefficient (Wildman–Crippen LogP) is 5.54. The summed E-state index contributed by atoms with van der Waals surface area (Å²) in [4.78, 5) is 0. The molecule has 0 saturated heterocycles. The monoisotopic (exact) mass is 429 g/mol. The lowest BCUT2D eigenvalue weighted by molar-refractivity contribution is -0.137. The van der Waals surface area contributed by atoms with Gasteiger partial charge in [-0.15, -0.1) is 10.2 Å². The Morgan fingerprint density at radius 3 is 2.55 bits per heavy atom. The van der Waals surface area contributed by atoms with Crippen LogP contribution in [0.1, 0.15) is 30.0 Å². The van der Waals surface area contributed by atoms with Gasteiger partial charge in [0.1, 0.15) is 5.82 Å². The van der Waals surface area contributed by atoms with E-state index in [4.69, 9.17) is 4.74 Å². The van der Waals surface area contributed by atoms with Crippen LogP contribution < -0.4 is 4.74 Å². The highest BCUT2D eigenvalue weighted by atomic mass is 32.2. The van der Waals surface area contributed by atoms with Gasteiger partial charge in [0.2, 0.25) is 0 Å². The molecule has 10 heteroatoms. The van der Waals surface area contributed by atoms with E-state index in [1.807, 2.05) is 0 Å². The quantitative estimate of drug-likeness (QED) is 0.381. The summed E-state index contributed by atoms with van der Waals surface area (Å²) in [6.45, 7) is 1.63. The number of ether oxygens (including phenoxy) is 1. The normalized spacial score (nSPS) is 12.8. The molecule has 1 heterocycles. The molecule has 0 fully saturated rings. The van der Waals surface area contributed by atoms with Crippen molar-refractivity contribution in [2.45, 2.75) is 30.1 Å². The van der Waals surface area contributed by atoms with Gasteiger partial charge in [-0.25, -0.2) is 8.78 Å². The van der Waals surface area contributed by atoms with Gasteiger partial charge in [-0.1, -0.05) is 30.0 Å². The smallest absolute Gasteiger partial charge is 0.416 e. The third kappa shape index (κ3) is 5.06. The Balaban J connectivity index is 1.69. The second-order valence-electron chi connectivity index (χ2n) is 6.22. The molecule has 0 bridgehead atoms. The minimum atomic E-state index is -4.40. The third-order valence-electron chi connectivity index (χ3n) is 4.05. The SMILES string of the molecule is CC(Oc1ccc(F)cc1F)c1nnc(SCc2cccc(C(F)(F)F)c2)n1C. The lowest BCUT2D eigenvalue weighted by Crippen LogP contribution is -2.11. The van der Waals surface area contributed by atoms with Crippen molar-refractivity contribution >= 4 is 11.8 Å². The molecule has 1 aromatic heterocycles. The Morgan fingerprint density at radius 2 is 1.86 bits per heavy atom. The minimum absolute atomic E-state index is 0.125. The number of halogens is 5. The predicted molar refractivity (Wildman–Crippen MR) is 97.4 cm³/mol. The van der Waals surface area contributed by atoms with Gasteiger partial charge in [0, 0.05) is 18.9 Å². The number of hydrogen-bond donors (Lipinski definition) is 0. The fraction of sp³-hybridized carbons (Fsp3) is 0.263. The van der Waals surface area contributed by atoms with Crippen molar-refractivity contribution in [2.24, 2.45) is 7.05 Å². The highest BCUT2D eigenvalue weighted by Gasteiger charge is 2.30. The van der Waals surface area contributed by atoms with Crippen molar-refractivity contribution < 1.29 is 26.7 Å². The molecule has 3 rings (SSSR count). The van der Waals surface area contributed by atoms with E-state index in [-0.39, 0.29) is 11.5 Å². The number of benzene rings is 2. The molecular formula is C19H16F5N3OS. The fourth-order valence-electron chi connectivity index (χ4n) is 2.61. The van der Waals surface area contributed by atoms with E-state index in [9.17, 15) is 22.0 Å². The molecule has 1 atom stereocenters. The highest BCUT2D eigenvalue weighted by molar-refractivity contribution is 7.98. The fourth-order valence-corrected chi connectivity index (χ4v) is 3.47. The summed E-state index contributed by atoms with van der Waals surface area (Å²) in [5.41, 5.74) is -0.218. The zero-order valence-electron chi connectivity index (χ0n) is 15.4. The maximum atomic E-state index is 13.8. The molecular weight excluding hydrogens is 413 g/mol. The summed E-state index contributed by atoms with van der Waals surface area (Å²) >= 11 is 1.21. The lowest BCUT2D eigenvalue weighted by atomic mass is 10.1. The molecule has 0 saturated carbocycles. The Hall–Kier alpha value is -2.62. The van der Waals surface area contributed by atoms with Crippen LogP contribution in [0, 0.1) is 11.6 Å². The second-order valence-corrected chi connectivity index (χ2v) is 7.16. The summed E-state index contributed by atoms with van der Waals surface area (Å²) in [6.07, 6.45) is -5.09. The highest BCUT2D eigenvalue weighted by Crippen LogP contribution is 2.31. The standard InChI is InChI=1S/C19H16F5N3OS/c1-11(28-16-7-6-14(20)9-15(16)21)17-25-26-18(27(17)2)29-10-12-4-3-5-13(8-12)19(22,23)24/h3-9,11H,10H2,1-2H3. The molecule has 4 nitrogen and oxygen atoms in total. The molecule has 0 aliphatic carbocycles. The van der Waals surface area contributed by atoms with Crippen molar-refractivity contribution in [1.29, 1.82) is 0 Å². The Morgan fingerprint density at radius 1 is 1.10 bits per heavy atom. The van der Waals surface area contributed by atoms with Gasteiger partial charge < -0.3 is 9.30 Å². The van der Waals surface area contributed by atoms with E-state index in [1.54, 1.807) is 24.6 Å². The van der Waals surface area contributed by atoms with Crippen molar-refractivity contribution in [3.05, 3.63) is 71.1 Å². The van der Waals surface area contributed by atoms with Crippen LogP contribution in [0.15, 0.2) is 47.6 Å².